The van der Waals surface area contributed by atoms with E-state index >= 15 is 0 Å². The maximum absolute atomic E-state index is 12.0. The van der Waals surface area contributed by atoms with Crippen LogP contribution in [0.2, 0.25) is 0 Å². The maximum atomic E-state index is 12.0. The summed E-state index contributed by atoms with van der Waals surface area (Å²) in [6.45, 7) is 0.0970. The molecule has 0 heterocycles. The second-order valence-corrected chi connectivity index (χ2v) is 3.52. The molecule has 4 heteroatoms. The van der Waals surface area contributed by atoms with Crippen LogP contribution in [-0.4, -0.2) is 11.7 Å². The van der Waals surface area contributed by atoms with Crippen LogP contribution in [0.1, 0.15) is 30.9 Å². The van der Waals surface area contributed by atoms with Gasteiger partial charge in [-0.3, -0.25) is 0 Å². The topological polar surface area (TPSA) is 29.5 Å². The van der Waals surface area contributed by atoms with E-state index in [1.54, 1.807) is 12.1 Å². The minimum Gasteiger partial charge on any atom is -0.435 e. The Hall–Kier alpha value is -1.16. The van der Waals surface area contributed by atoms with E-state index in [1.165, 1.54) is 6.07 Å². The Balaban J connectivity index is 2.82. The number of halogens is 2. The number of alkyl halides is 2. The average Bonchev–Trinajstić information content (AvgIpc) is 2.25. The van der Waals surface area contributed by atoms with Crippen LogP contribution >= 0.6 is 0 Å². The molecule has 0 aromatic heterocycles. The Bertz CT molecular complexity index is 327. The summed E-state index contributed by atoms with van der Waals surface area (Å²) in [7, 11) is 0. The Kier molecular flexibility index (Phi) is 5.19. The van der Waals surface area contributed by atoms with Crippen LogP contribution in [0.15, 0.2) is 18.2 Å². The van der Waals surface area contributed by atoms with Gasteiger partial charge in [0.25, 0.3) is 0 Å². The lowest BCUT2D eigenvalue weighted by atomic mass is 10.1. The van der Waals surface area contributed by atoms with Gasteiger partial charge in [-0.25, -0.2) is 0 Å². The highest BCUT2D eigenvalue weighted by Gasteiger charge is 2.07. The molecule has 0 saturated heterocycles. The first-order valence-electron chi connectivity index (χ1n) is 5.22. The Labute approximate surface area is 93.9 Å². The average molecular weight is 229 g/mol. The molecule has 0 unspecified atom stereocenters. The van der Waals surface area contributed by atoms with E-state index in [1.807, 2.05) is 0 Å². The van der Waals surface area contributed by atoms with Crippen LogP contribution in [0.3, 0.4) is 0 Å². The molecule has 0 amide bonds. The van der Waals surface area contributed by atoms with Crippen molar-refractivity contribution in [3.05, 3.63) is 35.9 Å². The first-order valence-corrected chi connectivity index (χ1v) is 5.22. The van der Waals surface area contributed by atoms with Crippen molar-refractivity contribution in [2.24, 2.45) is 0 Å². The largest absolute Gasteiger partial charge is 0.435 e. The molecule has 2 nitrogen and oxygen atoms in total. The summed E-state index contributed by atoms with van der Waals surface area (Å²) in [6, 6.07) is 4.71. The van der Waals surface area contributed by atoms with Gasteiger partial charge in [0, 0.05) is 0 Å². The van der Waals surface area contributed by atoms with Crippen molar-refractivity contribution in [2.75, 3.05) is 0 Å². The second-order valence-electron chi connectivity index (χ2n) is 3.52. The molecule has 0 aliphatic heterocycles. The molecule has 1 aromatic rings. The van der Waals surface area contributed by atoms with E-state index in [-0.39, 0.29) is 5.75 Å². The van der Waals surface area contributed by atoms with Crippen LogP contribution in [0.5, 0.6) is 5.75 Å². The molecule has 0 aliphatic carbocycles. The molecular weight excluding hydrogens is 214 g/mol. The molecule has 16 heavy (non-hydrogen) atoms. The number of aliphatic hydroxyl groups is 1. The molecule has 0 aliphatic rings. The Morgan fingerprint density at radius 2 is 2.12 bits per heavy atom. The predicted molar refractivity (Wildman–Crippen MR) is 57.0 cm³/mol. The van der Waals surface area contributed by atoms with E-state index in [4.69, 9.17) is 5.11 Å². The molecular formula is C12H15F2O2. The summed E-state index contributed by atoms with van der Waals surface area (Å²) in [4.78, 5) is 0. The van der Waals surface area contributed by atoms with Gasteiger partial charge in [-0.2, -0.15) is 8.78 Å². The fourth-order valence-corrected chi connectivity index (χ4v) is 1.46. The Morgan fingerprint density at radius 3 is 2.69 bits per heavy atom. The number of ether oxygens (including phenoxy) is 1. The summed E-state index contributed by atoms with van der Waals surface area (Å²) in [5, 5.41) is 8.88. The molecule has 0 atom stereocenters. The van der Waals surface area contributed by atoms with Crippen molar-refractivity contribution < 1.29 is 18.6 Å². The van der Waals surface area contributed by atoms with Crippen LogP contribution in [-0.2, 0) is 6.42 Å². The van der Waals surface area contributed by atoms with Gasteiger partial charge in [0.15, 0.2) is 0 Å². The zero-order valence-corrected chi connectivity index (χ0v) is 9.12. The number of unbranched alkanes of at least 4 members (excludes halogenated alkanes) is 1. The molecule has 1 N–H and O–H groups in total. The van der Waals surface area contributed by atoms with Crippen molar-refractivity contribution >= 4 is 0 Å². The maximum Gasteiger partial charge on any atom is 0.387 e. The van der Waals surface area contributed by atoms with E-state index in [9.17, 15) is 8.78 Å². The molecule has 89 valence electrons. The van der Waals surface area contributed by atoms with Gasteiger partial charge in [0.1, 0.15) is 12.4 Å². The van der Waals surface area contributed by atoms with Gasteiger partial charge >= 0.3 is 6.61 Å². The number of rotatable bonds is 6. The fourth-order valence-electron chi connectivity index (χ4n) is 1.46. The predicted octanol–water partition coefficient (Wildman–Crippen LogP) is 3.51. The van der Waals surface area contributed by atoms with Gasteiger partial charge in [0.2, 0.25) is 0 Å². The molecule has 0 saturated carbocycles. The van der Waals surface area contributed by atoms with Gasteiger partial charge < -0.3 is 9.84 Å². The first-order chi connectivity index (χ1) is 7.65. The molecule has 1 aromatic carbocycles. The van der Waals surface area contributed by atoms with Crippen molar-refractivity contribution in [1.82, 2.24) is 0 Å². The summed E-state index contributed by atoms with van der Waals surface area (Å²) in [5.74, 6) is 0.0869. The quantitative estimate of drug-likeness (QED) is 0.808. The van der Waals surface area contributed by atoms with Crippen molar-refractivity contribution in [3.63, 3.8) is 0 Å². The first kappa shape index (κ1) is 12.9. The standard InChI is InChI=1S/C12H15F2O2/c1-2-3-4-9-5-10(8-15)7-11(6-9)16-12(13)14/h5-8,12,15H,2-4H2,1H3. The lowest BCUT2D eigenvalue weighted by Crippen LogP contribution is -2.03. The van der Waals surface area contributed by atoms with Crippen LogP contribution in [0.4, 0.5) is 8.78 Å². The lowest BCUT2D eigenvalue weighted by Gasteiger charge is -2.09. The van der Waals surface area contributed by atoms with Crippen molar-refractivity contribution in [2.45, 2.75) is 32.8 Å². The Morgan fingerprint density at radius 1 is 1.38 bits per heavy atom. The zero-order chi connectivity index (χ0) is 12.0. The van der Waals surface area contributed by atoms with Crippen LogP contribution in [0, 0.1) is 6.61 Å². The summed E-state index contributed by atoms with van der Waals surface area (Å²) in [5.41, 5.74) is 1.37. The van der Waals surface area contributed by atoms with E-state index in [2.05, 4.69) is 11.7 Å². The van der Waals surface area contributed by atoms with E-state index < -0.39 is 6.61 Å². The fraction of sp³-hybridized carbons (Fsp3) is 0.417. The monoisotopic (exact) mass is 229 g/mol. The number of hydrogen-bond donors (Lipinski definition) is 1. The van der Waals surface area contributed by atoms with E-state index in [0.717, 1.165) is 31.4 Å². The second kappa shape index (κ2) is 6.43. The van der Waals surface area contributed by atoms with Gasteiger partial charge in [-0.05, 0) is 36.1 Å². The number of aliphatic hydroxyl groups excluding tert-OH is 1. The third-order valence-electron chi connectivity index (χ3n) is 2.18. The van der Waals surface area contributed by atoms with Gasteiger partial charge in [0.05, 0.1) is 0 Å². The number of benzene rings is 1. The smallest absolute Gasteiger partial charge is 0.387 e. The molecule has 0 bridgehead atoms. The van der Waals surface area contributed by atoms with Crippen molar-refractivity contribution in [1.29, 1.82) is 0 Å². The molecule has 1 rings (SSSR count). The highest BCUT2D eigenvalue weighted by molar-refractivity contribution is 5.37. The number of hydrogen-bond acceptors (Lipinski definition) is 2. The molecule has 0 fully saturated rings. The highest BCUT2D eigenvalue weighted by atomic mass is 19.3. The zero-order valence-electron chi connectivity index (χ0n) is 9.12. The summed E-state index contributed by atoms with van der Waals surface area (Å²) >= 11 is 0. The summed E-state index contributed by atoms with van der Waals surface area (Å²) < 4.78 is 28.4. The lowest BCUT2D eigenvalue weighted by molar-refractivity contribution is -0.0499. The SMILES string of the molecule is CCCCc1cc([CH]O)cc(OC(F)F)c1. The van der Waals surface area contributed by atoms with Crippen LogP contribution < -0.4 is 4.74 Å². The summed E-state index contributed by atoms with van der Waals surface area (Å²) in [6.07, 6.45) is 2.79. The number of aryl methyl sites for hydroxylation is 1. The highest BCUT2D eigenvalue weighted by Crippen LogP contribution is 2.21. The normalized spacial score (nSPS) is 10.8. The minimum absolute atomic E-state index is 0.0869. The van der Waals surface area contributed by atoms with Crippen LogP contribution in [0.25, 0.3) is 0 Å². The van der Waals surface area contributed by atoms with Gasteiger partial charge in [-0.15, -0.1) is 0 Å². The minimum atomic E-state index is -2.84. The van der Waals surface area contributed by atoms with Crippen molar-refractivity contribution in [3.8, 4) is 5.75 Å². The molecule has 1 radical (unpaired) electrons. The van der Waals surface area contributed by atoms with E-state index in [0.29, 0.717) is 5.56 Å². The third kappa shape index (κ3) is 4.14. The molecule has 0 spiro atoms. The third-order valence-corrected chi connectivity index (χ3v) is 2.18. The van der Waals surface area contributed by atoms with Gasteiger partial charge in [-0.1, -0.05) is 19.4 Å².